The number of aryl methyl sites for hydroxylation is 1. The first kappa shape index (κ1) is 16.8. The molecule has 5 nitrogen and oxygen atoms in total. The van der Waals surface area contributed by atoms with Crippen molar-refractivity contribution in [2.45, 2.75) is 26.2 Å². The van der Waals surface area contributed by atoms with E-state index >= 15 is 0 Å². The van der Waals surface area contributed by atoms with Crippen LogP contribution in [-0.2, 0) is 9.59 Å². The number of rotatable bonds is 3. The van der Waals surface area contributed by atoms with E-state index in [1.807, 2.05) is 31.2 Å². The number of nitrogens with zero attached hydrogens (tertiary/aromatic N) is 2. The third-order valence-electron chi connectivity index (χ3n) is 4.22. The summed E-state index contributed by atoms with van der Waals surface area (Å²) in [4.78, 5) is 40.1. The van der Waals surface area contributed by atoms with E-state index in [1.165, 1.54) is 0 Å². The molecule has 0 unspecified atom stereocenters. The number of hydrogen-bond donors (Lipinski definition) is 0. The number of carbonyl (C=O) groups is 3. The Hall–Kier alpha value is -2.08. The third-order valence-corrected chi connectivity index (χ3v) is 5.12. The molecule has 2 heterocycles. The summed E-state index contributed by atoms with van der Waals surface area (Å²) in [5, 5.41) is -0.371. The monoisotopic (exact) mass is 344 g/mol. The molecule has 2 fully saturated rings. The van der Waals surface area contributed by atoms with Gasteiger partial charge in [-0.05, 0) is 49.6 Å². The molecule has 2 aliphatic heterocycles. The molecular formula is C18H20N2O3S. The summed E-state index contributed by atoms with van der Waals surface area (Å²) in [6.07, 6.45) is 4.82. The fraction of sp³-hybridized carbons (Fsp3) is 0.389. The third kappa shape index (κ3) is 3.70. The zero-order valence-electron chi connectivity index (χ0n) is 13.7. The first-order valence-electron chi connectivity index (χ1n) is 8.14. The smallest absolute Gasteiger partial charge is 0.294 e. The van der Waals surface area contributed by atoms with Crippen molar-refractivity contribution in [1.82, 2.24) is 9.80 Å². The second kappa shape index (κ2) is 7.21. The molecule has 126 valence electrons. The molecule has 1 aromatic rings. The van der Waals surface area contributed by atoms with Gasteiger partial charge in [0.1, 0.15) is 6.54 Å². The maximum absolute atomic E-state index is 12.5. The topological polar surface area (TPSA) is 57.7 Å². The standard InChI is InChI=1S/C18H20N2O3S/c1-13-6-5-7-14(10-13)11-15-17(22)20(18(23)24-15)12-16(21)19-8-3-2-4-9-19/h5-7,10-11H,2-4,8-9,12H2,1H3. The Kier molecular flexibility index (Phi) is 5.04. The fourth-order valence-electron chi connectivity index (χ4n) is 2.93. The number of thioether (sulfide) groups is 1. The number of piperidine rings is 1. The van der Waals surface area contributed by atoms with Crippen molar-refractivity contribution in [1.29, 1.82) is 0 Å². The van der Waals surface area contributed by atoms with Crippen LogP contribution in [0.2, 0.25) is 0 Å². The van der Waals surface area contributed by atoms with E-state index in [0.29, 0.717) is 18.0 Å². The summed E-state index contributed by atoms with van der Waals surface area (Å²) in [7, 11) is 0. The predicted molar refractivity (Wildman–Crippen MR) is 94.3 cm³/mol. The highest BCUT2D eigenvalue weighted by Crippen LogP contribution is 2.32. The van der Waals surface area contributed by atoms with Crippen molar-refractivity contribution >= 4 is 34.9 Å². The van der Waals surface area contributed by atoms with E-state index in [2.05, 4.69) is 0 Å². The Labute approximate surface area is 145 Å². The minimum atomic E-state index is -0.378. The number of carbonyl (C=O) groups excluding carboxylic acids is 3. The largest absolute Gasteiger partial charge is 0.341 e. The quantitative estimate of drug-likeness (QED) is 0.791. The Morgan fingerprint density at radius 1 is 1.21 bits per heavy atom. The molecule has 0 N–H and O–H groups in total. The molecular weight excluding hydrogens is 324 g/mol. The number of likely N-dealkylation sites (tertiary alicyclic amines) is 1. The molecule has 0 bridgehead atoms. The molecule has 0 aromatic heterocycles. The van der Waals surface area contributed by atoms with Crippen LogP contribution in [0.4, 0.5) is 4.79 Å². The molecule has 0 saturated carbocycles. The van der Waals surface area contributed by atoms with Crippen LogP contribution in [0.15, 0.2) is 29.2 Å². The Balaban J connectivity index is 1.71. The van der Waals surface area contributed by atoms with Gasteiger partial charge < -0.3 is 4.90 Å². The lowest BCUT2D eigenvalue weighted by atomic mass is 10.1. The summed E-state index contributed by atoms with van der Waals surface area (Å²) < 4.78 is 0. The molecule has 1 aromatic carbocycles. The van der Waals surface area contributed by atoms with Crippen molar-refractivity contribution in [3.63, 3.8) is 0 Å². The zero-order valence-corrected chi connectivity index (χ0v) is 14.5. The van der Waals surface area contributed by atoms with Gasteiger partial charge >= 0.3 is 0 Å². The molecule has 3 rings (SSSR count). The van der Waals surface area contributed by atoms with E-state index in [0.717, 1.165) is 47.1 Å². The zero-order chi connectivity index (χ0) is 17.1. The molecule has 3 amide bonds. The van der Waals surface area contributed by atoms with Crippen LogP contribution in [0.3, 0.4) is 0 Å². The Morgan fingerprint density at radius 3 is 2.67 bits per heavy atom. The van der Waals surface area contributed by atoms with Gasteiger partial charge in [0.2, 0.25) is 5.91 Å². The number of benzene rings is 1. The summed E-state index contributed by atoms with van der Waals surface area (Å²) in [5.41, 5.74) is 1.96. The lowest BCUT2D eigenvalue weighted by molar-refractivity contribution is -0.136. The highest BCUT2D eigenvalue weighted by molar-refractivity contribution is 8.18. The molecule has 2 saturated heterocycles. The van der Waals surface area contributed by atoms with Crippen molar-refractivity contribution in [3.05, 3.63) is 40.3 Å². The van der Waals surface area contributed by atoms with Gasteiger partial charge in [-0.2, -0.15) is 0 Å². The SMILES string of the molecule is Cc1cccc(C=C2SC(=O)N(CC(=O)N3CCCCC3)C2=O)c1. The maximum Gasteiger partial charge on any atom is 0.294 e. The molecule has 6 heteroatoms. The average Bonchev–Trinajstić information content (AvgIpc) is 2.83. The van der Waals surface area contributed by atoms with Crippen molar-refractivity contribution in [2.24, 2.45) is 0 Å². The van der Waals surface area contributed by atoms with Crippen LogP contribution < -0.4 is 0 Å². The number of imide groups is 1. The molecule has 0 aliphatic carbocycles. The van der Waals surface area contributed by atoms with Gasteiger partial charge in [0, 0.05) is 13.1 Å². The fourth-order valence-corrected chi connectivity index (χ4v) is 3.76. The molecule has 0 atom stereocenters. The summed E-state index contributed by atoms with van der Waals surface area (Å²) >= 11 is 0.899. The lowest BCUT2D eigenvalue weighted by Crippen LogP contribution is -2.44. The number of amides is 3. The van der Waals surface area contributed by atoms with E-state index in [1.54, 1.807) is 11.0 Å². The highest BCUT2D eigenvalue weighted by Gasteiger charge is 2.37. The van der Waals surface area contributed by atoms with Gasteiger partial charge in [0.25, 0.3) is 11.1 Å². The van der Waals surface area contributed by atoms with E-state index in [4.69, 9.17) is 0 Å². The molecule has 0 spiro atoms. The van der Waals surface area contributed by atoms with Crippen LogP contribution in [0, 0.1) is 6.92 Å². The van der Waals surface area contributed by atoms with Crippen LogP contribution in [-0.4, -0.2) is 46.5 Å². The minimum absolute atomic E-state index is 0.145. The van der Waals surface area contributed by atoms with E-state index in [9.17, 15) is 14.4 Å². The van der Waals surface area contributed by atoms with Crippen molar-refractivity contribution in [2.75, 3.05) is 19.6 Å². The van der Waals surface area contributed by atoms with Gasteiger partial charge in [-0.1, -0.05) is 29.8 Å². The van der Waals surface area contributed by atoms with Crippen LogP contribution >= 0.6 is 11.8 Å². The second-order valence-electron chi connectivity index (χ2n) is 6.12. The van der Waals surface area contributed by atoms with Crippen LogP contribution in [0.5, 0.6) is 0 Å². The van der Waals surface area contributed by atoms with Gasteiger partial charge in [0.15, 0.2) is 0 Å². The van der Waals surface area contributed by atoms with E-state index in [-0.39, 0.29) is 23.6 Å². The molecule has 2 aliphatic rings. The normalized spacial score (nSPS) is 20.1. The van der Waals surface area contributed by atoms with Crippen molar-refractivity contribution < 1.29 is 14.4 Å². The lowest BCUT2D eigenvalue weighted by Gasteiger charge is -2.27. The second-order valence-corrected chi connectivity index (χ2v) is 7.12. The van der Waals surface area contributed by atoms with E-state index < -0.39 is 0 Å². The van der Waals surface area contributed by atoms with Gasteiger partial charge in [-0.3, -0.25) is 19.3 Å². The summed E-state index contributed by atoms with van der Waals surface area (Å²) in [6.45, 7) is 3.25. The summed E-state index contributed by atoms with van der Waals surface area (Å²) in [6, 6.07) is 7.72. The first-order chi connectivity index (χ1) is 11.5. The van der Waals surface area contributed by atoms with Crippen LogP contribution in [0.25, 0.3) is 6.08 Å². The Morgan fingerprint density at radius 2 is 1.96 bits per heavy atom. The van der Waals surface area contributed by atoms with Crippen LogP contribution in [0.1, 0.15) is 30.4 Å². The summed E-state index contributed by atoms with van der Waals surface area (Å²) in [5.74, 6) is -0.523. The van der Waals surface area contributed by atoms with Gasteiger partial charge in [0.05, 0.1) is 4.91 Å². The Bertz CT molecular complexity index is 708. The average molecular weight is 344 g/mol. The number of hydrogen-bond acceptors (Lipinski definition) is 4. The van der Waals surface area contributed by atoms with Gasteiger partial charge in [-0.15, -0.1) is 0 Å². The maximum atomic E-state index is 12.5. The van der Waals surface area contributed by atoms with Crippen molar-refractivity contribution in [3.8, 4) is 0 Å². The molecule has 24 heavy (non-hydrogen) atoms. The highest BCUT2D eigenvalue weighted by atomic mass is 32.2. The minimum Gasteiger partial charge on any atom is -0.341 e. The predicted octanol–water partition coefficient (Wildman–Crippen LogP) is 3.04. The van der Waals surface area contributed by atoms with Gasteiger partial charge in [-0.25, -0.2) is 0 Å². The molecule has 0 radical (unpaired) electrons. The first-order valence-corrected chi connectivity index (χ1v) is 8.96.